The maximum atomic E-state index is 12.2. The summed E-state index contributed by atoms with van der Waals surface area (Å²) in [4.78, 5) is 27.6. The number of ether oxygens (including phenoxy) is 1. The average Bonchev–Trinajstić information content (AvgIpc) is 2.75. The summed E-state index contributed by atoms with van der Waals surface area (Å²) >= 11 is 0. The fourth-order valence-corrected chi connectivity index (χ4v) is 2.78. The average molecular weight is 222 g/mol. The van der Waals surface area contributed by atoms with Crippen molar-refractivity contribution in [2.24, 2.45) is 0 Å². The van der Waals surface area contributed by atoms with Crippen molar-refractivity contribution in [1.82, 2.24) is 9.80 Å². The van der Waals surface area contributed by atoms with Gasteiger partial charge < -0.3 is 9.64 Å². The van der Waals surface area contributed by atoms with Gasteiger partial charge in [-0.05, 0) is 19.8 Å². The highest BCUT2D eigenvalue weighted by Gasteiger charge is 2.50. The Balaban J connectivity index is 2.00. The number of carbonyl (C=O) groups excluding carboxylic acids is 2. The van der Waals surface area contributed by atoms with Gasteiger partial charge in [-0.2, -0.15) is 0 Å². The van der Waals surface area contributed by atoms with Crippen LogP contribution in [0, 0.1) is 0 Å². The molecule has 0 spiro atoms. The maximum absolute atomic E-state index is 12.2. The predicted octanol–water partition coefficient (Wildman–Crippen LogP) is 0.0781. The molecule has 0 bridgehead atoms. The minimum atomic E-state index is -0.466. The summed E-state index contributed by atoms with van der Waals surface area (Å²) < 4.78 is 5.29. The molecule has 0 N–H and O–H groups in total. The molecule has 2 amide bonds. The molecule has 5 nitrogen and oxygen atoms in total. The molecule has 3 aliphatic heterocycles. The summed E-state index contributed by atoms with van der Waals surface area (Å²) in [5.41, 5.74) is 0. The van der Waals surface area contributed by atoms with Crippen molar-refractivity contribution >= 4 is 11.8 Å². The van der Waals surface area contributed by atoms with Crippen molar-refractivity contribution < 1.29 is 14.3 Å². The van der Waals surface area contributed by atoms with Crippen LogP contribution in [0.5, 0.6) is 0 Å². The van der Waals surface area contributed by atoms with Crippen molar-refractivity contribution in [2.45, 2.75) is 38.0 Å². The molecular weight excluding hydrogens is 208 g/mol. The van der Waals surface area contributed by atoms with Crippen LogP contribution in [0.2, 0.25) is 0 Å². The lowest BCUT2D eigenvalue weighted by Crippen LogP contribution is -2.65. The van der Waals surface area contributed by atoms with Crippen LogP contribution in [0.1, 0.15) is 19.8 Å². The molecule has 3 aliphatic rings. The zero-order chi connectivity index (χ0) is 11.3. The lowest BCUT2D eigenvalue weighted by atomic mass is 10.0. The lowest BCUT2D eigenvalue weighted by molar-refractivity contribution is -0.162. The van der Waals surface area contributed by atoms with Gasteiger partial charge >= 0.3 is 0 Å². The number of carbonyl (C=O) groups is 2. The van der Waals surface area contributed by atoms with E-state index in [0.29, 0.717) is 6.54 Å². The molecule has 0 aromatic rings. The quantitative estimate of drug-likeness (QED) is 0.583. The molecule has 2 fully saturated rings. The number of hydrogen-bond donors (Lipinski definition) is 0. The van der Waals surface area contributed by atoms with E-state index in [1.807, 2.05) is 6.92 Å². The van der Waals surface area contributed by atoms with Crippen molar-refractivity contribution in [2.75, 3.05) is 6.54 Å². The normalized spacial score (nSPS) is 37.2. The van der Waals surface area contributed by atoms with Gasteiger partial charge in [0, 0.05) is 12.7 Å². The van der Waals surface area contributed by atoms with Gasteiger partial charge in [0.25, 0.3) is 0 Å². The predicted molar refractivity (Wildman–Crippen MR) is 55.1 cm³/mol. The fourth-order valence-electron chi connectivity index (χ4n) is 2.78. The summed E-state index contributed by atoms with van der Waals surface area (Å²) in [6.45, 7) is 2.53. The molecule has 0 aromatic carbocycles. The van der Waals surface area contributed by atoms with E-state index in [-0.39, 0.29) is 24.0 Å². The van der Waals surface area contributed by atoms with E-state index in [1.54, 1.807) is 16.0 Å². The highest BCUT2D eigenvalue weighted by atomic mass is 16.5. The van der Waals surface area contributed by atoms with Gasteiger partial charge in [0.05, 0.1) is 6.26 Å². The second kappa shape index (κ2) is 3.23. The topological polar surface area (TPSA) is 49.9 Å². The van der Waals surface area contributed by atoms with Crippen LogP contribution < -0.4 is 0 Å². The zero-order valence-corrected chi connectivity index (χ0v) is 9.13. The molecule has 0 radical (unpaired) electrons. The Labute approximate surface area is 93.6 Å². The number of rotatable bonds is 0. The van der Waals surface area contributed by atoms with Gasteiger partial charge in [-0.3, -0.25) is 14.5 Å². The van der Waals surface area contributed by atoms with E-state index in [1.165, 1.54) is 6.26 Å². The van der Waals surface area contributed by atoms with Crippen LogP contribution in [-0.4, -0.2) is 46.3 Å². The van der Waals surface area contributed by atoms with Crippen LogP contribution in [0.15, 0.2) is 12.5 Å². The molecule has 3 rings (SSSR count). The summed E-state index contributed by atoms with van der Waals surface area (Å²) in [6.07, 6.45) is 4.53. The maximum Gasteiger partial charge on any atom is 0.250 e. The van der Waals surface area contributed by atoms with Gasteiger partial charge in [-0.15, -0.1) is 0 Å². The van der Waals surface area contributed by atoms with Crippen molar-refractivity contribution in [3.8, 4) is 0 Å². The molecule has 2 saturated heterocycles. The Bertz CT molecular complexity index is 379. The molecule has 3 heterocycles. The first-order valence-corrected chi connectivity index (χ1v) is 5.65. The minimum Gasteiger partial charge on any atom is -0.494 e. The Kier molecular flexibility index (Phi) is 1.96. The third-order valence-electron chi connectivity index (χ3n) is 3.59. The van der Waals surface area contributed by atoms with E-state index in [0.717, 1.165) is 12.8 Å². The van der Waals surface area contributed by atoms with Crippen molar-refractivity contribution in [3.05, 3.63) is 12.5 Å². The van der Waals surface area contributed by atoms with E-state index >= 15 is 0 Å². The highest BCUT2D eigenvalue weighted by Crippen LogP contribution is 2.30. The Morgan fingerprint density at radius 1 is 1.38 bits per heavy atom. The molecule has 86 valence electrons. The van der Waals surface area contributed by atoms with Crippen molar-refractivity contribution in [1.29, 1.82) is 0 Å². The summed E-state index contributed by atoms with van der Waals surface area (Å²) in [7, 11) is 0. The van der Waals surface area contributed by atoms with Crippen LogP contribution >= 0.6 is 0 Å². The van der Waals surface area contributed by atoms with E-state index in [2.05, 4.69) is 0 Å². The van der Waals surface area contributed by atoms with E-state index in [4.69, 9.17) is 4.74 Å². The number of amides is 2. The number of piperazine rings is 1. The first kappa shape index (κ1) is 9.69. The molecule has 0 saturated carbocycles. The molecule has 5 heteroatoms. The Morgan fingerprint density at radius 3 is 3.00 bits per heavy atom. The second-order valence-corrected chi connectivity index (χ2v) is 4.51. The Hall–Kier alpha value is -1.52. The monoisotopic (exact) mass is 222 g/mol. The van der Waals surface area contributed by atoms with Gasteiger partial charge in [0.2, 0.25) is 11.8 Å². The first-order chi connectivity index (χ1) is 7.70. The summed E-state index contributed by atoms with van der Waals surface area (Å²) in [5.74, 6) is 0.0625. The smallest absolute Gasteiger partial charge is 0.250 e. The van der Waals surface area contributed by atoms with Gasteiger partial charge in [0.15, 0.2) is 6.04 Å². The SMILES string of the molecule is C[C@H]1OC=CN2C(=O)[C@@H]3CCCN3C(=O)[C@H]12. The second-order valence-electron chi connectivity index (χ2n) is 4.51. The number of fused-ring (bicyclic) bond motifs is 2. The molecule has 3 atom stereocenters. The van der Waals surface area contributed by atoms with E-state index < -0.39 is 6.04 Å². The third-order valence-corrected chi connectivity index (χ3v) is 3.59. The molecular formula is C11H14N2O3. The van der Waals surface area contributed by atoms with Gasteiger partial charge in [-0.1, -0.05) is 0 Å². The van der Waals surface area contributed by atoms with Gasteiger partial charge in [-0.25, -0.2) is 0 Å². The largest absolute Gasteiger partial charge is 0.494 e. The van der Waals surface area contributed by atoms with Gasteiger partial charge in [0.1, 0.15) is 12.1 Å². The van der Waals surface area contributed by atoms with Crippen LogP contribution in [0.4, 0.5) is 0 Å². The third kappa shape index (κ3) is 1.11. The van der Waals surface area contributed by atoms with Crippen molar-refractivity contribution in [3.63, 3.8) is 0 Å². The van der Waals surface area contributed by atoms with Crippen LogP contribution in [0.25, 0.3) is 0 Å². The number of hydrogen-bond acceptors (Lipinski definition) is 3. The molecule has 16 heavy (non-hydrogen) atoms. The van der Waals surface area contributed by atoms with E-state index in [9.17, 15) is 9.59 Å². The zero-order valence-electron chi connectivity index (χ0n) is 9.13. The first-order valence-electron chi connectivity index (χ1n) is 5.65. The lowest BCUT2D eigenvalue weighted by Gasteiger charge is -2.44. The molecule has 0 aliphatic carbocycles. The molecule has 0 aromatic heterocycles. The van der Waals surface area contributed by atoms with Crippen LogP contribution in [-0.2, 0) is 14.3 Å². The minimum absolute atomic E-state index is 0.0268. The highest BCUT2D eigenvalue weighted by molar-refractivity contribution is 5.98. The number of nitrogens with zero attached hydrogens (tertiary/aromatic N) is 2. The standard InChI is InChI=1S/C11H14N2O3/c1-7-9-11(15)12-4-2-3-8(12)10(14)13(9)5-6-16-7/h5-9H,2-4H2,1H3/t7-,8+,9+/m1/s1. The molecule has 0 unspecified atom stereocenters. The summed E-state index contributed by atoms with van der Waals surface area (Å²) in [5, 5.41) is 0. The fraction of sp³-hybridized carbons (Fsp3) is 0.636. The van der Waals surface area contributed by atoms with Crippen LogP contribution in [0.3, 0.4) is 0 Å². The summed E-state index contributed by atoms with van der Waals surface area (Å²) in [6, 6.07) is -0.703. The Morgan fingerprint density at radius 2 is 2.19 bits per heavy atom.